The number of nitrogens with two attached hydrogens (primary N) is 1. The van der Waals surface area contributed by atoms with Crippen molar-refractivity contribution in [2.45, 2.75) is 109 Å². The molecule has 1 aliphatic heterocycles. The number of nitro groups is 1. The number of imidazole rings is 1. The average molecular weight is 631 g/mol. The van der Waals surface area contributed by atoms with Crippen molar-refractivity contribution in [1.29, 1.82) is 0 Å². The molecule has 2 aromatic heterocycles. The van der Waals surface area contributed by atoms with Crippen LogP contribution in [-0.2, 0) is 20.2 Å². The molecule has 1 aromatic carbocycles. The molecule has 1 fully saturated rings. The Kier molecular flexibility index (Phi) is 9.11. The first-order valence-corrected chi connectivity index (χ1v) is 20.4. The number of rotatable bonds is 10. The lowest BCUT2D eigenvalue weighted by molar-refractivity contribution is -0.385. The lowest BCUT2D eigenvalue weighted by atomic mass is 10.2. The van der Waals surface area contributed by atoms with Crippen molar-refractivity contribution in [3.05, 3.63) is 46.3 Å². The smallest absolute Gasteiger partial charge is 0.276 e. The Morgan fingerprint density at radius 2 is 1.72 bits per heavy atom. The van der Waals surface area contributed by atoms with Crippen molar-refractivity contribution < 1.29 is 23.2 Å². The number of hydrogen-bond donors (Lipinski definition) is 1. The van der Waals surface area contributed by atoms with E-state index in [1.54, 1.807) is 24.5 Å². The van der Waals surface area contributed by atoms with Gasteiger partial charge < -0.3 is 24.1 Å². The Labute approximate surface area is 255 Å². The summed E-state index contributed by atoms with van der Waals surface area (Å²) in [5.41, 5.74) is 7.30. The number of hydrogen-bond acceptors (Lipinski definition) is 10. The fourth-order valence-corrected chi connectivity index (χ4v) is 6.75. The number of nitrogen functional groups attached to an aromatic ring is 1. The maximum Gasteiger partial charge on any atom is 0.276 e. The van der Waals surface area contributed by atoms with Crippen LogP contribution in [-0.4, -0.2) is 59.9 Å². The SMILES string of the molecule is CC(C)(C)[Si](C)(C)OC[C@H]1O[C@@H](n2cnc3c(OCc4ccccc4[N+](=O)[O-])nc(N)nc32)C[C@H]1O[Si](C)(C)C(C)(C)C. The topological polar surface area (TPSA) is 150 Å². The molecule has 2 N–H and O–H groups in total. The van der Waals surface area contributed by atoms with Gasteiger partial charge in [-0.2, -0.15) is 9.97 Å². The van der Waals surface area contributed by atoms with E-state index in [1.807, 2.05) is 4.57 Å². The van der Waals surface area contributed by atoms with E-state index >= 15 is 0 Å². The lowest BCUT2D eigenvalue weighted by Crippen LogP contribution is -2.48. The maximum absolute atomic E-state index is 11.5. The highest BCUT2D eigenvalue weighted by molar-refractivity contribution is 6.74. The van der Waals surface area contributed by atoms with Crippen LogP contribution in [0.25, 0.3) is 11.2 Å². The van der Waals surface area contributed by atoms with E-state index in [0.29, 0.717) is 29.8 Å². The Hall–Kier alpha value is -2.92. The second kappa shape index (κ2) is 11.9. The summed E-state index contributed by atoms with van der Waals surface area (Å²) in [5, 5.41) is 11.5. The molecule has 3 atom stereocenters. The van der Waals surface area contributed by atoms with Crippen LogP contribution in [0, 0.1) is 10.1 Å². The molecule has 0 aliphatic carbocycles. The highest BCUT2D eigenvalue weighted by atomic mass is 28.4. The predicted molar refractivity (Wildman–Crippen MR) is 171 cm³/mol. The van der Waals surface area contributed by atoms with Crippen molar-refractivity contribution in [2.24, 2.45) is 0 Å². The number of ether oxygens (including phenoxy) is 2. The fourth-order valence-electron chi connectivity index (χ4n) is 4.38. The minimum atomic E-state index is -2.13. The fraction of sp³-hybridized carbons (Fsp3) is 0.621. The standard InChI is InChI=1S/C29H46N6O6Si2/c1-28(2,3)42(7,8)39-17-22-21(41-43(9,10)29(4,5)6)15-23(40-22)34-18-31-24-25(34)32-27(30)33-26(24)38-16-19-13-11-12-14-20(19)35(36)37/h11-14,18,21-23H,15-17H2,1-10H3,(H2,30,32,33)/t21-,22-,23-/m1/s1. The number of nitrogens with zero attached hydrogens (tertiary/aromatic N) is 5. The first-order valence-electron chi connectivity index (χ1n) is 14.6. The Balaban J connectivity index is 1.62. The number of aromatic nitrogens is 4. The van der Waals surface area contributed by atoms with E-state index in [9.17, 15) is 10.1 Å². The molecular weight excluding hydrogens is 585 g/mol. The second-order valence-electron chi connectivity index (χ2n) is 14.2. The first kappa shape index (κ1) is 33.0. The van der Waals surface area contributed by atoms with Crippen molar-refractivity contribution in [1.82, 2.24) is 19.5 Å². The van der Waals surface area contributed by atoms with E-state index in [-0.39, 0.29) is 46.4 Å². The van der Waals surface area contributed by atoms with Crippen LogP contribution in [0.2, 0.25) is 36.3 Å². The highest BCUT2D eigenvalue weighted by Gasteiger charge is 2.47. The quantitative estimate of drug-likeness (QED) is 0.147. The van der Waals surface area contributed by atoms with Gasteiger partial charge in [0, 0.05) is 12.5 Å². The summed E-state index contributed by atoms with van der Waals surface area (Å²) in [6.45, 7) is 22.6. The normalized spacial score (nSPS) is 20.1. The molecule has 4 rings (SSSR count). The average Bonchev–Trinajstić information content (AvgIpc) is 3.48. The summed E-state index contributed by atoms with van der Waals surface area (Å²) in [5.74, 6) is 0.140. The summed E-state index contributed by atoms with van der Waals surface area (Å²) >= 11 is 0. The van der Waals surface area contributed by atoms with Crippen LogP contribution in [0.3, 0.4) is 0 Å². The first-order chi connectivity index (χ1) is 19.8. The van der Waals surface area contributed by atoms with E-state index < -0.39 is 27.8 Å². The molecule has 43 heavy (non-hydrogen) atoms. The molecule has 236 valence electrons. The van der Waals surface area contributed by atoms with Gasteiger partial charge in [0.25, 0.3) is 5.69 Å². The molecule has 0 spiro atoms. The van der Waals surface area contributed by atoms with Crippen molar-refractivity contribution >= 4 is 39.4 Å². The Morgan fingerprint density at radius 3 is 2.35 bits per heavy atom. The van der Waals surface area contributed by atoms with Gasteiger partial charge in [0.05, 0.1) is 29.5 Å². The van der Waals surface area contributed by atoms with Crippen LogP contribution < -0.4 is 10.5 Å². The van der Waals surface area contributed by atoms with E-state index in [4.69, 9.17) is 24.1 Å². The summed E-state index contributed by atoms with van der Waals surface area (Å²) in [4.78, 5) is 24.3. The van der Waals surface area contributed by atoms with Gasteiger partial charge in [-0.3, -0.25) is 14.7 Å². The molecule has 3 aromatic rings. The maximum atomic E-state index is 11.5. The van der Waals surface area contributed by atoms with Crippen molar-refractivity contribution in [3.63, 3.8) is 0 Å². The Morgan fingerprint density at radius 1 is 1.07 bits per heavy atom. The molecular formula is C29H46N6O6Si2. The van der Waals surface area contributed by atoms with Crippen molar-refractivity contribution in [2.75, 3.05) is 12.3 Å². The largest absolute Gasteiger partial charge is 0.471 e. The third-order valence-electron chi connectivity index (χ3n) is 9.12. The molecule has 1 aliphatic rings. The molecule has 14 heteroatoms. The summed E-state index contributed by atoms with van der Waals surface area (Å²) < 4.78 is 27.9. The molecule has 0 radical (unpaired) electrons. The summed E-state index contributed by atoms with van der Waals surface area (Å²) in [6.07, 6.45) is 1.34. The second-order valence-corrected chi connectivity index (χ2v) is 23.8. The van der Waals surface area contributed by atoms with Gasteiger partial charge in [-0.25, -0.2) is 4.98 Å². The van der Waals surface area contributed by atoms with Gasteiger partial charge in [0.1, 0.15) is 18.9 Å². The van der Waals surface area contributed by atoms with E-state index in [2.05, 4.69) is 82.7 Å². The highest BCUT2D eigenvalue weighted by Crippen LogP contribution is 2.43. The zero-order chi connectivity index (χ0) is 32.0. The molecule has 3 heterocycles. The number of benzene rings is 1. The lowest BCUT2D eigenvalue weighted by Gasteiger charge is -2.40. The van der Waals surface area contributed by atoms with Gasteiger partial charge in [0.15, 0.2) is 27.8 Å². The molecule has 0 unspecified atom stereocenters. The summed E-state index contributed by atoms with van der Waals surface area (Å²) in [7, 11) is -4.16. The minimum Gasteiger partial charge on any atom is -0.471 e. The predicted octanol–water partition coefficient (Wildman–Crippen LogP) is 6.60. The number of anilines is 1. The monoisotopic (exact) mass is 630 g/mol. The molecule has 0 saturated carbocycles. The van der Waals surface area contributed by atoms with Gasteiger partial charge in [0.2, 0.25) is 11.8 Å². The zero-order valence-corrected chi connectivity index (χ0v) is 29.0. The zero-order valence-electron chi connectivity index (χ0n) is 27.0. The third-order valence-corrected chi connectivity index (χ3v) is 18.1. The van der Waals surface area contributed by atoms with Gasteiger partial charge >= 0.3 is 0 Å². The third kappa shape index (κ3) is 7.09. The molecule has 0 amide bonds. The number of para-hydroxylation sites is 1. The van der Waals surface area contributed by atoms with Crippen LogP contribution in [0.1, 0.15) is 59.8 Å². The van der Waals surface area contributed by atoms with Crippen LogP contribution >= 0.6 is 0 Å². The van der Waals surface area contributed by atoms with Gasteiger partial charge in [-0.15, -0.1) is 0 Å². The van der Waals surface area contributed by atoms with Crippen molar-refractivity contribution in [3.8, 4) is 5.88 Å². The molecule has 0 bridgehead atoms. The van der Waals surface area contributed by atoms with Crippen LogP contribution in [0.4, 0.5) is 11.6 Å². The molecule has 12 nitrogen and oxygen atoms in total. The number of nitro benzene ring substituents is 1. The van der Waals surface area contributed by atoms with E-state index in [0.717, 1.165) is 0 Å². The minimum absolute atomic E-state index is 0.00306. The van der Waals surface area contributed by atoms with Crippen LogP contribution in [0.15, 0.2) is 30.6 Å². The van der Waals surface area contributed by atoms with Crippen LogP contribution in [0.5, 0.6) is 5.88 Å². The van der Waals surface area contributed by atoms with Gasteiger partial charge in [-0.1, -0.05) is 53.7 Å². The van der Waals surface area contributed by atoms with E-state index in [1.165, 1.54) is 6.07 Å². The molecule has 1 saturated heterocycles. The number of fused-ring (bicyclic) bond motifs is 1. The summed E-state index contributed by atoms with van der Waals surface area (Å²) in [6, 6.07) is 6.40. The van der Waals surface area contributed by atoms with Gasteiger partial charge in [-0.05, 0) is 42.3 Å². The Bertz CT molecular complexity index is 1470.